The van der Waals surface area contributed by atoms with E-state index in [0.717, 1.165) is 22.5 Å². The molecule has 0 saturated carbocycles. The molecule has 0 aliphatic carbocycles. The van der Waals surface area contributed by atoms with E-state index in [2.05, 4.69) is 10.3 Å². The van der Waals surface area contributed by atoms with E-state index in [0.29, 0.717) is 22.3 Å². The molecule has 1 aromatic heterocycles. The molecule has 0 fully saturated rings. The van der Waals surface area contributed by atoms with Crippen LogP contribution in [-0.2, 0) is 16.0 Å². The van der Waals surface area contributed by atoms with Gasteiger partial charge in [-0.05, 0) is 31.9 Å². The standard InChI is InChI=1S/C16H18N2O3S/c1-4-21-15(20)14-11(3)17-16(22-14)18-13(19)9-12-8-6-5-7-10(12)2/h5-8H,4,9H2,1-3H3,(H,17,18,19). The third-order valence-corrected chi connectivity index (χ3v) is 4.17. The number of thiazole rings is 1. The topological polar surface area (TPSA) is 68.3 Å². The Labute approximate surface area is 133 Å². The highest BCUT2D eigenvalue weighted by Crippen LogP contribution is 2.23. The zero-order valence-corrected chi connectivity index (χ0v) is 13.6. The monoisotopic (exact) mass is 318 g/mol. The van der Waals surface area contributed by atoms with E-state index < -0.39 is 5.97 Å². The molecule has 22 heavy (non-hydrogen) atoms. The molecular formula is C16H18N2O3S. The third kappa shape index (κ3) is 3.92. The van der Waals surface area contributed by atoms with Gasteiger partial charge in [-0.25, -0.2) is 9.78 Å². The van der Waals surface area contributed by atoms with Crippen LogP contribution in [0.5, 0.6) is 0 Å². The van der Waals surface area contributed by atoms with Crippen molar-refractivity contribution in [1.29, 1.82) is 0 Å². The third-order valence-electron chi connectivity index (χ3n) is 3.12. The number of ether oxygens (including phenoxy) is 1. The summed E-state index contributed by atoms with van der Waals surface area (Å²) >= 11 is 1.13. The molecule has 1 heterocycles. The number of anilines is 1. The molecule has 6 heteroatoms. The second-order valence-electron chi connectivity index (χ2n) is 4.81. The van der Waals surface area contributed by atoms with Crippen molar-refractivity contribution in [2.24, 2.45) is 0 Å². The summed E-state index contributed by atoms with van der Waals surface area (Å²) in [6, 6.07) is 7.73. The Hall–Kier alpha value is -2.21. The highest BCUT2D eigenvalue weighted by molar-refractivity contribution is 7.17. The average molecular weight is 318 g/mol. The quantitative estimate of drug-likeness (QED) is 0.860. The molecule has 116 valence electrons. The summed E-state index contributed by atoms with van der Waals surface area (Å²) in [5, 5.41) is 3.15. The van der Waals surface area contributed by atoms with Crippen molar-refractivity contribution in [3.8, 4) is 0 Å². The van der Waals surface area contributed by atoms with Crippen molar-refractivity contribution in [2.75, 3.05) is 11.9 Å². The van der Waals surface area contributed by atoms with E-state index in [-0.39, 0.29) is 12.3 Å². The molecule has 0 aliphatic heterocycles. The number of esters is 1. The van der Waals surface area contributed by atoms with Crippen LogP contribution in [-0.4, -0.2) is 23.5 Å². The van der Waals surface area contributed by atoms with Crippen LogP contribution in [0.4, 0.5) is 5.13 Å². The van der Waals surface area contributed by atoms with Gasteiger partial charge >= 0.3 is 5.97 Å². The van der Waals surface area contributed by atoms with Gasteiger partial charge in [-0.1, -0.05) is 35.6 Å². The first-order chi connectivity index (χ1) is 10.5. The van der Waals surface area contributed by atoms with Crippen LogP contribution in [0.1, 0.15) is 33.4 Å². The summed E-state index contributed by atoms with van der Waals surface area (Å²) in [4.78, 5) is 28.5. The molecule has 0 spiro atoms. The maximum Gasteiger partial charge on any atom is 0.350 e. The molecule has 0 bridgehead atoms. The van der Waals surface area contributed by atoms with Gasteiger partial charge in [0.15, 0.2) is 5.13 Å². The van der Waals surface area contributed by atoms with Crippen LogP contribution >= 0.6 is 11.3 Å². The summed E-state index contributed by atoms with van der Waals surface area (Å²) < 4.78 is 4.96. The molecule has 1 amide bonds. The summed E-state index contributed by atoms with van der Waals surface area (Å²) in [5.41, 5.74) is 2.61. The minimum absolute atomic E-state index is 0.154. The highest BCUT2D eigenvalue weighted by Gasteiger charge is 2.17. The van der Waals surface area contributed by atoms with E-state index >= 15 is 0 Å². The van der Waals surface area contributed by atoms with Crippen molar-refractivity contribution in [1.82, 2.24) is 4.98 Å². The van der Waals surface area contributed by atoms with Gasteiger partial charge in [0.05, 0.1) is 18.7 Å². The number of amides is 1. The van der Waals surface area contributed by atoms with Crippen molar-refractivity contribution in [3.05, 3.63) is 46.0 Å². The number of carbonyl (C=O) groups excluding carboxylic acids is 2. The van der Waals surface area contributed by atoms with E-state index in [1.165, 1.54) is 0 Å². The molecule has 0 radical (unpaired) electrons. The fourth-order valence-electron chi connectivity index (χ4n) is 1.98. The Bertz CT molecular complexity index is 694. The number of carbonyl (C=O) groups is 2. The summed E-state index contributed by atoms with van der Waals surface area (Å²) in [5.74, 6) is -0.560. The number of benzene rings is 1. The lowest BCUT2D eigenvalue weighted by atomic mass is 10.1. The molecule has 0 atom stereocenters. The lowest BCUT2D eigenvalue weighted by Gasteiger charge is -2.04. The van der Waals surface area contributed by atoms with Gasteiger partial charge < -0.3 is 10.1 Å². The SMILES string of the molecule is CCOC(=O)c1sc(NC(=O)Cc2ccccc2C)nc1C. The average Bonchev–Trinajstić information content (AvgIpc) is 2.82. The largest absolute Gasteiger partial charge is 0.462 e. The zero-order chi connectivity index (χ0) is 16.1. The number of hydrogen-bond acceptors (Lipinski definition) is 5. The number of nitrogens with zero attached hydrogens (tertiary/aromatic N) is 1. The van der Waals surface area contributed by atoms with Gasteiger partial charge in [0.25, 0.3) is 0 Å². The Morgan fingerprint density at radius 2 is 2.00 bits per heavy atom. The number of aromatic nitrogens is 1. The minimum Gasteiger partial charge on any atom is -0.462 e. The summed E-state index contributed by atoms with van der Waals surface area (Å²) in [7, 11) is 0. The maximum atomic E-state index is 12.1. The van der Waals surface area contributed by atoms with Gasteiger partial charge in [0.1, 0.15) is 4.88 Å². The molecule has 1 N–H and O–H groups in total. The first-order valence-corrected chi connectivity index (χ1v) is 7.81. The smallest absolute Gasteiger partial charge is 0.350 e. The first kappa shape index (κ1) is 16.2. The van der Waals surface area contributed by atoms with E-state index in [9.17, 15) is 9.59 Å². The second kappa shape index (κ2) is 7.17. The number of aryl methyl sites for hydroxylation is 2. The van der Waals surface area contributed by atoms with E-state index in [4.69, 9.17) is 4.74 Å². The molecule has 2 aromatic rings. The second-order valence-corrected chi connectivity index (χ2v) is 5.80. The minimum atomic E-state index is -0.406. The predicted molar refractivity (Wildman–Crippen MR) is 86.3 cm³/mol. The Kier molecular flexibility index (Phi) is 5.27. The first-order valence-electron chi connectivity index (χ1n) is 7.00. The van der Waals surface area contributed by atoms with E-state index in [1.54, 1.807) is 13.8 Å². The van der Waals surface area contributed by atoms with Crippen LogP contribution in [0.25, 0.3) is 0 Å². The van der Waals surface area contributed by atoms with Crippen LogP contribution in [0.15, 0.2) is 24.3 Å². The fraction of sp³-hybridized carbons (Fsp3) is 0.312. The molecule has 0 aliphatic rings. The van der Waals surface area contributed by atoms with Gasteiger partial charge in [-0.3, -0.25) is 4.79 Å². The van der Waals surface area contributed by atoms with Crippen LogP contribution < -0.4 is 5.32 Å². The number of nitrogens with one attached hydrogen (secondary N) is 1. The maximum absolute atomic E-state index is 12.1. The van der Waals surface area contributed by atoms with Crippen LogP contribution in [0, 0.1) is 13.8 Å². The van der Waals surface area contributed by atoms with Crippen LogP contribution in [0.2, 0.25) is 0 Å². The Morgan fingerprint density at radius 3 is 2.68 bits per heavy atom. The highest BCUT2D eigenvalue weighted by atomic mass is 32.1. The predicted octanol–water partition coefficient (Wildman–Crippen LogP) is 3.12. The van der Waals surface area contributed by atoms with Crippen molar-refractivity contribution in [2.45, 2.75) is 27.2 Å². The summed E-state index contributed by atoms with van der Waals surface area (Å²) in [6.45, 7) is 5.75. The number of hydrogen-bond donors (Lipinski definition) is 1. The number of rotatable bonds is 5. The molecule has 5 nitrogen and oxygen atoms in total. The lowest BCUT2D eigenvalue weighted by molar-refractivity contribution is -0.115. The molecule has 0 unspecified atom stereocenters. The van der Waals surface area contributed by atoms with Crippen molar-refractivity contribution in [3.63, 3.8) is 0 Å². The van der Waals surface area contributed by atoms with Crippen molar-refractivity contribution < 1.29 is 14.3 Å². The van der Waals surface area contributed by atoms with Crippen molar-refractivity contribution >= 4 is 28.3 Å². The lowest BCUT2D eigenvalue weighted by Crippen LogP contribution is -2.14. The normalized spacial score (nSPS) is 10.3. The fourth-order valence-corrected chi connectivity index (χ4v) is 2.86. The van der Waals surface area contributed by atoms with E-state index in [1.807, 2.05) is 31.2 Å². The van der Waals surface area contributed by atoms with Gasteiger partial charge in [-0.15, -0.1) is 0 Å². The molecular weight excluding hydrogens is 300 g/mol. The molecule has 0 saturated heterocycles. The molecule has 1 aromatic carbocycles. The van der Waals surface area contributed by atoms with Crippen LogP contribution in [0.3, 0.4) is 0 Å². The summed E-state index contributed by atoms with van der Waals surface area (Å²) in [6.07, 6.45) is 0.278. The van der Waals surface area contributed by atoms with Gasteiger partial charge in [0, 0.05) is 0 Å². The molecule has 2 rings (SSSR count). The Morgan fingerprint density at radius 1 is 1.27 bits per heavy atom. The zero-order valence-electron chi connectivity index (χ0n) is 12.8. The van der Waals surface area contributed by atoms with Gasteiger partial charge in [0.2, 0.25) is 5.91 Å². The van der Waals surface area contributed by atoms with Gasteiger partial charge in [-0.2, -0.15) is 0 Å². The Balaban J connectivity index is 2.05.